The summed E-state index contributed by atoms with van der Waals surface area (Å²) in [7, 11) is 0. The average molecular weight is 492 g/mol. The van der Waals surface area contributed by atoms with Crippen molar-refractivity contribution in [1.29, 1.82) is 0 Å². The van der Waals surface area contributed by atoms with Gasteiger partial charge in [-0.1, -0.05) is 26.0 Å². The van der Waals surface area contributed by atoms with Crippen molar-refractivity contribution in [3.8, 4) is 0 Å². The molecule has 6 nitrogen and oxygen atoms in total. The fraction of sp³-hybridized carbons (Fsp3) is 0.458. The lowest BCUT2D eigenvalue weighted by molar-refractivity contribution is -0.130. The molecular formula is C24H28F3N5OS. The maximum atomic E-state index is 12.8. The van der Waals surface area contributed by atoms with Crippen LogP contribution >= 0.6 is 11.3 Å². The first-order valence-corrected chi connectivity index (χ1v) is 12.2. The number of fused-ring (bicyclic) bond motifs is 1. The van der Waals surface area contributed by atoms with Crippen molar-refractivity contribution in [3.05, 3.63) is 47.1 Å². The van der Waals surface area contributed by atoms with Crippen molar-refractivity contribution < 1.29 is 18.0 Å². The van der Waals surface area contributed by atoms with E-state index in [0.717, 1.165) is 29.1 Å². The Kier molecular flexibility index (Phi) is 7.25. The molecule has 1 aromatic carbocycles. The molecule has 1 aliphatic rings. The number of carbonyl (C=O) groups is 1. The van der Waals surface area contributed by atoms with Gasteiger partial charge in [0, 0.05) is 43.3 Å². The molecule has 4 rings (SSSR count). The molecule has 10 heteroatoms. The zero-order valence-electron chi connectivity index (χ0n) is 19.2. The van der Waals surface area contributed by atoms with Crippen LogP contribution in [-0.4, -0.2) is 59.7 Å². The second kappa shape index (κ2) is 10.2. The van der Waals surface area contributed by atoms with Crippen LogP contribution in [0.1, 0.15) is 24.3 Å². The Morgan fingerprint density at radius 3 is 2.47 bits per heavy atom. The summed E-state index contributed by atoms with van der Waals surface area (Å²) in [5.74, 6) is 1.25. The second-order valence-electron chi connectivity index (χ2n) is 8.94. The van der Waals surface area contributed by atoms with Crippen LogP contribution in [-0.2, 0) is 17.6 Å². The summed E-state index contributed by atoms with van der Waals surface area (Å²) in [4.78, 5) is 25.9. The number of nitrogens with zero attached hydrogens (tertiary/aromatic N) is 4. The Hall–Kier alpha value is -2.88. The first-order chi connectivity index (χ1) is 16.2. The second-order valence-corrected chi connectivity index (χ2v) is 10.1. The van der Waals surface area contributed by atoms with Crippen LogP contribution < -0.4 is 10.2 Å². The maximum Gasteiger partial charge on any atom is 0.393 e. The molecule has 0 saturated carbocycles. The van der Waals surface area contributed by atoms with Crippen molar-refractivity contribution in [2.45, 2.75) is 32.9 Å². The predicted octanol–water partition coefficient (Wildman–Crippen LogP) is 4.76. The Balaban J connectivity index is 1.35. The van der Waals surface area contributed by atoms with E-state index in [0.29, 0.717) is 54.6 Å². The topological polar surface area (TPSA) is 61.4 Å². The van der Waals surface area contributed by atoms with Crippen molar-refractivity contribution in [1.82, 2.24) is 14.9 Å². The minimum atomic E-state index is -4.26. The van der Waals surface area contributed by atoms with Crippen molar-refractivity contribution in [2.24, 2.45) is 5.92 Å². The summed E-state index contributed by atoms with van der Waals surface area (Å²) in [5, 5.41) is 4.00. The van der Waals surface area contributed by atoms with Gasteiger partial charge in [0.15, 0.2) is 0 Å². The number of halogens is 3. The van der Waals surface area contributed by atoms with Crippen molar-refractivity contribution in [3.63, 3.8) is 0 Å². The monoisotopic (exact) mass is 491 g/mol. The van der Waals surface area contributed by atoms with Crippen molar-refractivity contribution in [2.75, 3.05) is 42.9 Å². The zero-order chi connectivity index (χ0) is 24.3. The van der Waals surface area contributed by atoms with E-state index in [4.69, 9.17) is 0 Å². The number of piperazine rings is 1. The lowest BCUT2D eigenvalue weighted by Crippen LogP contribution is -2.49. The molecule has 0 bridgehead atoms. The summed E-state index contributed by atoms with van der Waals surface area (Å²) in [6.45, 7) is 7.42. The van der Waals surface area contributed by atoms with E-state index in [1.807, 2.05) is 34.1 Å². The standard InChI is InChI=1S/C24H28F3N5OS/c1-16(2)14-28-18-5-3-17(4-6-18)11-21(33)31-7-9-32(10-8-31)22-20-12-19(13-24(25,26)27)34-23(20)30-15-29-22/h3-6,12,15-16,28H,7-11,13-14H2,1-2H3. The van der Waals surface area contributed by atoms with Crippen LogP contribution in [0.3, 0.4) is 0 Å². The first-order valence-electron chi connectivity index (χ1n) is 11.3. The fourth-order valence-electron chi connectivity index (χ4n) is 3.95. The average Bonchev–Trinajstić information content (AvgIpc) is 3.19. The molecular weight excluding hydrogens is 463 g/mol. The molecule has 1 aliphatic heterocycles. The maximum absolute atomic E-state index is 12.8. The highest BCUT2D eigenvalue weighted by Gasteiger charge is 2.30. The molecule has 3 heterocycles. The van der Waals surface area contributed by atoms with Gasteiger partial charge in [-0.2, -0.15) is 13.2 Å². The van der Waals surface area contributed by atoms with E-state index in [9.17, 15) is 18.0 Å². The molecule has 0 aliphatic carbocycles. The molecule has 0 unspecified atom stereocenters. The number of nitrogens with one attached hydrogen (secondary N) is 1. The van der Waals surface area contributed by atoms with Gasteiger partial charge in [0.1, 0.15) is 17.0 Å². The summed E-state index contributed by atoms with van der Waals surface area (Å²) in [6, 6.07) is 9.49. The third kappa shape index (κ3) is 6.16. The number of alkyl halides is 3. The van der Waals surface area contributed by atoms with E-state index in [2.05, 4.69) is 29.1 Å². The normalized spacial score (nSPS) is 14.8. The third-order valence-electron chi connectivity index (χ3n) is 5.69. The van der Waals surface area contributed by atoms with Crippen LogP contribution in [0, 0.1) is 5.92 Å². The summed E-state index contributed by atoms with van der Waals surface area (Å²) < 4.78 is 38.4. The van der Waals surface area contributed by atoms with Crippen LogP contribution in [0.5, 0.6) is 0 Å². The van der Waals surface area contributed by atoms with Gasteiger partial charge < -0.3 is 15.1 Å². The van der Waals surface area contributed by atoms with E-state index in [1.165, 1.54) is 6.33 Å². The minimum Gasteiger partial charge on any atom is -0.385 e. The number of benzene rings is 1. The smallest absolute Gasteiger partial charge is 0.385 e. The number of thiophene rings is 1. The van der Waals surface area contributed by atoms with Gasteiger partial charge >= 0.3 is 6.18 Å². The number of anilines is 2. The van der Waals surface area contributed by atoms with Gasteiger partial charge in [-0.15, -0.1) is 11.3 Å². The molecule has 1 N–H and O–H groups in total. The number of rotatable bonds is 7. The van der Waals surface area contributed by atoms with Gasteiger partial charge in [-0.05, 0) is 29.7 Å². The van der Waals surface area contributed by atoms with E-state index in [-0.39, 0.29) is 10.8 Å². The SMILES string of the molecule is CC(C)CNc1ccc(CC(=O)N2CCN(c3ncnc4sc(CC(F)(F)F)cc34)CC2)cc1. The number of carbonyl (C=O) groups excluding carboxylic acids is 1. The van der Waals surface area contributed by atoms with E-state index < -0.39 is 12.6 Å². The molecule has 182 valence electrons. The molecule has 2 aromatic heterocycles. The Labute approximate surface area is 200 Å². The highest BCUT2D eigenvalue weighted by atomic mass is 32.1. The Morgan fingerprint density at radius 1 is 1.12 bits per heavy atom. The molecule has 0 radical (unpaired) electrons. The molecule has 3 aromatic rings. The highest BCUT2D eigenvalue weighted by molar-refractivity contribution is 7.18. The summed E-state index contributed by atoms with van der Waals surface area (Å²) in [6.07, 6.45) is -3.49. The van der Waals surface area contributed by atoms with Gasteiger partial charge in [0.2, 0.25) is 5.91 Å². The quantitative estimate of drug-likeness (QED) is 0.517. The number of hydrogen-bond acceptors (Lipinski definition) is 6. The lowest BCUT2D eigenvalue weighted by Gasteiger charge is -2.35. The molecule has 0 spiro atoms. The molecule has 34 heavy (non-hydrogen) atoms. The van der Waals surface area contributed by atoms with Crippen LogP contribution in [0.15, 0.2) is 36.7 Å². The molecule has 0 atom stereocenters. The third-order valence-corrected chi connectivity index (χ3v) is 6.73. The summed E-state index contributed by atoms with van der Waals surface area (Å²) in [5.41, 5.74) is 2.01. The van der Waals surface area contributed by atoms with Crippen LogP contribution in [0.25, 0.3) is 10.2 Å². The zero-order valence-corrected chi connectivity index (χ0v) is 20.0. The van der Waals surface area contributed by atoms with E-state index >= 15 is 0 Å². The number of amides is 1. The van der Waals surface area contributed by atoms with Gasteiger partial charge in [-0.25, -0.2) is 9.97 Å². The van der Waals surface area contributed by atoms with Crippen LogP contribution in [0.2, 0.25) is 0 Å². The minimum absolute atomic E-state index is 0.0679. The fourth-order valence-corrected chi connectivity index (χ4v) is 4.97. The van der Waals surface area contributed by atoms with Gasteiger partial charge in [0.05, 0.1) is 18.2 Å². The van der Waals surface area contributed by atoms with Crippen molar-refractivity contribution >= 4 is 39.0 Å². The molecule has 1 amide bonds. The lowest BCUT2D eigenvalue weighted by atomic mass is 10.1. The number of hydrogen-bond donors (Lipinski definition) is 1. The number of aromatic nitrogens is 2. The molecule has 1 saturated heterocycles. The first kappa shape index (κ1) is 24.3. The Morgan fingerprint density at radius 2 is 1.82 bits per heavy atom. The van der Waals surface area contributed by atoms with Crippen LogP contribution in [0.4, 0.5) is 24.7 Å². The summed E-state index contributed by atoms with van der Waals surface area (Å²) >= 11 is 1.05. The highest BCUT2D eigenvalue weighted by Crippen LogP contribution is 2.34. The molecule has 1 fully saturated rings. The predicted molar refractivity (Wildman–Crippen MR) is 129 cm³/mol. The Bertz CT molecular complexity index is 1120. The van der Waals surface area contributed by atoms with Gasteiger partial charge in [0.25, 0.3) is 0 Å². The van der Waals surface area contributed by atoms with Gasteiger partial charge in [-0.3, -0.25) is 4.79 Å². The van der Waals surface area contributed by atoms with E-state index in [1.54, 1.807) is 6.07 Å². The largest absolute Gasteiger partial charge is 0.393 e.